The minimum atomic E-state index is -2.29. The summed E-state index contributed by atoms with van der Waals surface area (Å²) in [6.45, 7) is 6.42. The number of fused-ring (bicyclic) bond motifs is 5. The zero-order chi connectivity index (χ0) is 23.9. The third-order valence-corrected chi connectivity index (χ3v) is 9.15. The van der Waals surface area contributed by atoms with Crippen LogP contribution in [-0.4, -0.2) is 45.3 Å². The van der Waals surface area contributed by atoms with Gasteiger partial charge in [-0.15, -0.1) is 0 Å². The summed E-state index contributed by atoms with van der Waals surface area (Å²) >= 11 is 0. The number of halogens is 2. The van der Waals surface area contributed by atoms with Crippen LogP contribution >= 0.6 is 0 Å². The molecule has 4 rings (SSSR count). The fourth-order valence-corrected chi connectivity index (χ4v) is 7.58. The molecule has 0 unspecified atom stereocenters. The van der Waals surface area contributed by atoms with Crippen LogP contribution in [0, 0.1) is 28.6 Å². The van der Waals surface area contributed by atoms with Gasteiger partial charge in [-0.05, 0) is 50.2 Å². The van der Waals surface area contributed by atoms with Gasteiger partial charge < -0.3 is 14.9 Å². The van der Waals surface area contributed by atoms with Crippen LogP contribution in [0.4, 0.5) is 8.78 Å². The maximum Gasteiger partial charge on any atom is 0.349 e. The second kappa shape index (κ2) is 6.95. The number of carboxylic acids is 1. The predicted molar refractivity (Wildman–Crippen MR) is 110 cm³/mol. The number of hydrogen-bond donors (Lipinski definition) is 2. The van der Waals surface area contributed by atoms with Crippen molar-refractivity contribution < 1.29 is 38.1 Å². The van der Waals surface area contributed by atoms with Crippen molar-refractivity contribution in [1.29, 1.82) is 0 Å². The number of aliphatic hydroxyl groups is 1. The molecule has 8 atom stereocenters. The van der Waals surface area contributed by atoms with Crippen molar-refractivity contribution in [3.63, 3.8) is 0 Å². The van der Waals surface area contributed by atoms with Crippen molar-refractivity contribution in [3.05, 3.63) is 23.6 Å². The van der Waals surface area contributed by atoms with Crippen molar-refractivity contribution in [2.24, 2.45) is 28.6 Å². The molecule has 176 valence electrons. The molecular weight excluding hydrogens is 422 g/mol. The molecule has 0 bridgehead atoms. The topological polar surface area (TPSA) is 101 Å². The van der Waals surface area contributed by atoms with Gasteiger partial charge in [-0.2, -0.15) is 0 Å². The van der Waals surface area contributed by atoms with Crippen LogP contribution in [0.3, 0.4) is 0 Å². The van der Waals surface area contributed by atoms with E-state index in [1.165, 1.54) is 13.0 Å². The molecule has 0 amide bonds. The van der Waals surface area contributed by atoms with Crippen LogP contribution in [0.1, 0.15) is 59.8 Å². The molecule has 0 aromatic rings. The molecule has 0 radical (unpaired) electrons. The Bertz CT molecular complexity index is 958. The van der Waals surface area contributed by atoms with Crippen molar-refractivity contribution >= 4 is 17.7 Å². The van der Waals surface area contributed by atoms with E-state index in [1.807, 2.05) is 0 Å². The van der Waals surface area contributed by atoms with Gasteiger partial charge in [0.05, 0.1) is 6.10 Å². The molecule has 2 N–H and O–H groups in total. The summed E-state index contributed by atoms with van der Waals surface area (Å²) in [7, 11) is 0. The summed E-state index contributed by atoms with van der Waals surface area (Å²) in [5.74, 6) is -5.65. The number of hydrogen-bond acceptors (Lipinski definition) is 5. The molecular formula is C24H30F2O6. The number of carbonyl (C=O) groups is 3. The summed E-state index contributed by atoms with van der Waals surface area (Å²) in [6, 6.07) is 0. The lowest BCUT2D eigenvalue weighted by Gasteiger charge is -2.62. The highest BCUT2D eigenvalue weighted by atomic mass is 19.1. The Morgan fingerprint density at radius 3 is 2.53 bits per heavy atom. The van der Waals surface area contributed by atoms with Gasteiger partial charge in [-0.3, -0.25) is 9.59 Å². The van der Waals surface area contributed by atoms with E-state index in [4.69, 9.17) is 4.74 Å². The monoisotopic (exact) mass is 452 g/mol. The standard InChI is InChI=1S/C24H30F2O6/c1-5-18(29)32-24(20(30)31)12(2)10-15-13-6-7-14-19(25)16(27)8-9-21(14,3)23(13,26)17(28)11-22(15,24)4/h8-9,12-13,15,17,28H,5-7,10-11H2,1-4H3,(H,30,31)/t12-,13-,15-,17-,21-,22-,23-,24-/m0/s1. The smallest absolute Gasteiger partial charge is 0.349 e. The van der Waals surface area contributed by atoms with E-state index in [1.54, 1.807) is 20.8 Å². The Balaban J connectivity index is 1.86. The molecule has 3 fully saturated rings. The van der Waals surface area contributed by atoms with Gasteiger partial charge in [0.1, 0.15) is 0 Å². The first kappa shape index (κ1) is 23.1. The van der Waals surface area contributed by atoms with E-state index in [2.05, 4.69) is 0 Å². The lowest BCUT2D eigenvalue weighted by atomic mass is 9.44. The average molecular weight is 452 g/mol. The van der Waals surface area contributed by atoms with Crippen LogP contribution in [0.15, 0.2) is 23.6 Å². The van der Waals surface area contributed by atoms with E-state index in [-0.39, 0.29) is 31.3 Å². The van der Waals surface area contributed by atoms with Gasteiger partial charge in [0, 0.05) is 29.1 Å². The van der Waals surface area contributed by atoms with Crippen molar-refractivity contribution in [1.82, 2.24) is 0 Å². The number of alkyl halides is 1. The SMILES string of the molecule is CCC(=O)O[C@]1(C(=O)O)[C@@H](C)C[C@H]2[C@@H]3CCC4=C(F)C(=O)C=C[C@]4(C)[C@@]3(F)[C@@H](O)C[C@@]21C. The highest BCUT2D eigenvalue weighted by Crippen LogP contribution is 2.71. The van der Waals surface area contributed by atoms with Crippen molar-refractivity contribution in [3.8, 4) is 0 Å². The van der Waals surface area contributed by atoms with E-state index >= 15 is 4.39 Å². The first-order chi connectivity index (χ1) is 14.8. The molecule has 32 heavy (non-hydrogen) atoms. The zero-order valence-corrected chi connectivity index (χ0v) is 18.8. The molecule has 6 nitrogen and oxygen atoms in total. The number of carboxylic acid groups (broad SMARTS) is 1. The van der Waals surface area contributed by atoms with Crippen molar-refractivity contribution in [2.45, 2.75) is 77.2 Å². The van der Waals surface area contributed by atoms with E-state index in [9.17, 15) is 29.0 Å². The quantitative estimate of drug-likeness (QED) is 0.634. The third-order valence-electron chi connectivity index (χ3n) is 9.15. The molecule has 4 aliphatic carbocycles. The number of allylic oxidation sites excluding steroid dienone is 4. The van der Waals surface area contributed by atoms with Crippen LogP contribution in [0.2, 0.25) is 0 Å². The number of ether oxygens (including phenoxy) is 1. The lowest BCUT2D eigenvalue weighted by molar-refractivity contribution is -0.234. The molecule has 0 aliphatic heterocycles. The normalized spacial score (nSPS) is 47.5. The summed E-state index contributed by atoms with van der Waals surface area (Å²) in [6.07, 6.45) is 1.06. The first-order valence-electron chi connectivity index (χ1n) is 11.3. The molecule has 4 aliphatic rings. The number of ketones is 1. The zero-order valence-electron chi connectivity index (χ0n) is 18.8. The number of carbonyl (C=O) groups excluding carboxylic acids is 2. The fraction of sp³-hybridized carbons (Fsp3) is 0.708. The molecule has 3 saturated carbocycles. The summed E-state index contributed by atoms with van der Waals surface area (Å²) in [5, 5.41) is 21.5. The Kier molecular flexibility index (Phi) is 5.02. The molecule has 0 saturated heterocycles. The second-order valence-corrected chi connectivity index (χ2v) is 10.4. The van der Waals surface area contributed by atoms with E-state index < -0.39 is 69.5 Å². The van der Waals surface area contributed by atoms with Gasteiger partial charge in [-0.25, -0.2) is 13.6 Å². The summed E-state index contributed by atoms with van der Waals surface area (Å²) in [5.41, 5.74) is -6.87. The minimum absolute atomic E-state index is 0.00808. The molecule has 0 heterocycles. The summed E-state index contributed by atoms with van der Waals surface area (Å²) < 4.78 is 37.4. The molecule has 0 aromatic carbocycles. The third kappa shape index (κ3) is 2.45. The lowest BCUT2D eigenvalue weighted by Crippen LogP contribution is -2.70. The Hall–Kier alpha value is -2.09. The van der Waals surface area contributed by atoms with Gasteiger partial charge in [0.2, 0.25) is 11.4 Å². The fourth-order valence-electron chi connectivity index (χ4n) is 7.58. The van der Waals surface area contributed by atoms with Crippen LogP contribution in [-0.2, 0) is 19.1 Å². The highest BCUT2D eigenvalue weighted by molar-refractivity contribution is 6.04. The van der Waals surface area contributed by atoms with Gasteiger partial charge in [0.15, 0.2) is 11.5 Å². The van der Waals surface area contributed by atoms with Crippen LogP contribution < -0.4 is 0 Å². The second-order valence-electron chi connectivity index (χ2n) is 10.4. The maximum absolute atomic E-state index is 17.1. The van der Waals surface area contributed by atoms with E-state index in [0.717, 1.165) is 6.08 Å². The summed E-state index contributed by atoms with van der Waals surface area (Å²) in [4.78, 5) is 36.8. The number of rotatable bonds is 3. The largest absolute Gasteiger partial charge is 0.478 e. The molecule has 0 spiro atoms. The van der Waals surface area contributed by atoms with Gasteiger partial charge in [0.25, 0.3) is 0 Å². The molecule has 8 heteroatoms. The minimum Gasteiger partial charge on any atom is -0.478 e. The van der Waals surface area contributed by atoms with Crippen LogP contribution in [0.5, 0.6) is 0 Å². The average Bonchev–Trinajstić information content (AvgIpc) is 2.94. The first-order valence-corrected chi connectivity index (χ1v) is 11.3. The van der Waals surface area contributed by atoms with E-state index in [0.29, 0.717) is 6.42 Å². The highest BCUT2D eigenvalue weighted by Gasteiger charge is 2.78. The predicted octanol–water partition coefficient (Wildman–Crippen LogP) is 3.68. The van der Waals surface area contributed by atoms with Gasteiger partial charge >= 0.3 is 11.9 Å². The number of aliphatic carboxylic acids is 1. The maximum atomic E-state index is 17.1. The van der Waals surface area contributed by atoms with Crippen molar-refractivity contribution in [2.75, 3.05) is 0 Å². The Morgan fingerprint density at radius 1 is 1.28 bits per heavy atom. The Labute approximate surface area is 185 Å². The number of aliphatic hydroxyl groups excluding tert-OH is 1. The Morgan fingerprint density at radius 2 is 1.94 bits per heavy atom. The van der Waals surface area contributed by atoms with Gasteiger partial charge in [-0.1, -0.05) is 26.8 Å². The molecule has 0 aromatic heterocycles. The van der Waals surface area contributed by atoms with Crippen LogP contribution in [0.25, 0.3) is 0 Å². The number of esters is 1.